The first-order chi connectivity index (χ1) is 11.5. The summed E-state index contributed by atoms with van der Waals surface area (Å²) in [6, 6.07) is 9.07. The molecule has 1 aliphatic heterocycles. The van der Waals surface area contributed by atoms with Gasteiger partial charge in [0.05, 0.1) is 16.3 Å². The van der Waals surface area contributed by atoms with Crippen LogP contribution in [0.2, 0.25) is 0 Å². The van der Waals surface area contributed by atoms with Crippen molar-refractivity contribution in [2.45, 2.75) is 26.2 Å². The minimum atomic E-state index is -3.30. The van der Waals surface area contributed by atoms with Crippen molar-refractivity contribution in [3.8, 4) is 0 Å². The molecule has 3 rings (SSSR count). The largest absolute Gasteiger partial charge is 0.321 e. The van der Waals surface area contributed by atoms with E-state index < -0.39 is 10.0 Å². The van der Waals surface area contributed by atoms with Crippen molar-refractivity contribution in [2.24, 2.45) is 0 Å². The number of rotatable bonds is 6. The number of fused-ring (bicyclic) bond motifs is 1. The highest BCUT2D eigenvalue weighted by Crippen LogP contribution is 2.33. The molecule has 0 unspecified atom stereocenters. The Hall–Kier alpha value is -1.86. The Labute approximate surface area is 146 Å². The van der Waals surface area contributed by atoms with Crippen LogP contribution in [0, 0.1) is 0 Å². The van der Waals surface area contributed by atoms with Crippen LogP contribution in [0.1, 0.15) is 35.0 Å². The predicted octanol–water partition coefficient (Wildman–Crippen LogP) is 3.49. The van der Waals surface area contributed by atoms with Crippen molar-refractivity contribution in [1.29, 1.82) is 0 Å². The van der Waals surface area contributed by atoms with Crippen molar-refractivity contribution in [2.75, 3.05) is 21.9 Å². The van der Waals surface area contributed by atoms with Crippen molar-refractivity contribution >= 4 is 38.6 Å². The van der Waals surface area contributed by atoms with Gasteiger partial charge in [0.15, 0.2) is 0 Å². The first kappa shape index (κ1) is 17.0. The van der Waals surface area contributed by atoms with Gasteiger partial charge in [-0.3, -0.25) is 9.10 Å². The van der Waals surface area contributed by atoms with Gasteiger partial charge in [0, 0.05) is 12.2 Å². The lowest BCUT2D eigenvalue weighted by atomic mass is 10.1. The maximum absolute atomic E-state index is 12.5. The lowest BCUT2D eigenvalue weighted by Gasteiger charge is -2.20. The molecule has 7 heteroatoms. The number of carbonyl (C=O) groups is 1. The van der Waals surface area contributed by atoms with Crippen LogP contribution in [0.15, 0.2) is 35.7 Å². The van der Waals surface area contributed by atoms with Gasteiger partial charge in [0.1, 0.15) is 0 Å². The molecule has 0 saturated carbocycles. The fourth-order valence-electron chi connectivity index (χ4n) is 2.75. The summed E-state index contributed by atoms with van der Waals surface area (Å²) in [7, 11) is -3.30. The molecule has 0 bridgehead atoms. The first-order valence-corrected chi connectivity index (χ1v) is 10.5. The van der Waals surface area contributed by atoms with Gasteiger partial charge in [0.2, 0.25) is 10.0 Å². The lowest BCUT2D eigenvalue weighted by Crippen LogP contribution is -2.31. The van der Waals surface area contributed by atoms with Gasteiger partial charge in [-0.05, 0) is 42.0 Å². The van der Waals surface area contributed by atoms with Crippen molar-refractivity contribution in [3.63, 3.8) is 0 Å². The Morgan fingerprint density at radius 3 is 2.88 bits per heavy atom. The number of anilines is 2. The molecule has 0 radical (unpaired) electrons. The topological polar surface area (TPSA) is 66.5 Å². The number of carbonyl (C=O) groups excluding carboxylic acids is 1. The highest BCUT2D eigenvalue weighted by molar-refractivity contribution is 7.92. The van der Waals surface area contributed by atoms with Crippen LogP contribution in [0.25, 0.3) is 0 Å². The van der Waals surface area contributed by atoms with Gasteiger partial charge in [-0.15, -0.1) is 11.3 Å². The minimum absolute atomic E-state index is 0.161. The van der Waals surface area contributed by atoms with Crippen LogP contribution in [-0.4, -0.2) is 26.6 Å². The third kappa shape index (κ3) is 3.47. The third-order valence-corrected chi connectivity index (χ3v) is 6.76. The predicted molar refractivity (Wildman–Crippen MR) is 98.5 cm³/mol. The molecule has 128 valence electrons. The average molecular weight is 364 g/mol. The number of hydrogen-bond donors (Lipinski definition) is 1. The summed E-state index contributed by atoms with van der Waals surface area (Å²) in [5.41, 5.74) is 2.31. The van der Waals surface area contributed by atoms with Crippen LogP contribution in [-0.2, 0) is 16.4 Å². The van der Waals surface area contributed by atoms with Crippen LogP contribution < -0.4 is 9.62 Å². The SMILES string of the molecule is CCCCS(=O)(=O)N1CCc2ccc(NC(=O)c3cccs3)cc21. The van der Waals surface area contributed by atoms with E-state index in [4.69, 9.17) is 0 Å². The highest BCUT2D eigenvalue weighted by Gasteiger charge is 2.29. The summed E-state index contributed by atoms with van der Waals surface area (Å²) in [5, 5.41) is 4.69. The van der Waals surface area contributed by atoms with Gasteiger partial charge >= 0.3 is 0 Å². The average Bonchev–Trinajstić information content (AvgIpc) is 3.22. The molecule has 2 aromatic rings. The van der Waals surface area contributed by atoms with E-state index in [1.54, 1.807) is 12.1 Å². The number of unbranched alkanes of at least 4 members (excludes halogenated alkanes) is 1. The molecule has 5 nitrogen and oxygen atoms in total. The van der Waals surface area contributed by atoms with E-state index in [0.717, 1.165) is 12.0 Å². The fourth-order valence-corrected chi connectivity index (χ4v) is 5.09. The zero-order valence-electron chi connectivity index (χ0n) is 13.5. The first-order valence-electron chi connectivity index (χ1n) is 7.99. The second kappa shape index (κ2) is 6.94. The maximum atomic E-state index is 12.5. The Kier molecular flexibility index (Phi) is 4.91. The van der Waals surface area contributed by atoms with E-state index in [0.29, 0.717) is 35.6 Å². The normalized spacial score (nSPS) is 13.8. The van der Waals surface area contributed by atoms with E-state index in [1.165, 1.54) is 15.6 Å². The number of benzene rings is 1. The van der Waals surface area contributed by atoms with E-state index in [1.807, 2.05) is 30.5 Å². The zero-order valence-corrected chi connectivity index (χ0v) is 15.1. The fraction of sp³-hybridized carbons (Fsp3) is 0.353. The quantitative estimate of drug-likeness (QED) is 0.853. The molecule has 2 heterocycles. The van der Waals surface area contributed by atoms with Gasteiger partial charge in [-0.25, -0.2) is 8.42 Å². The lowest BCUT2D eigenvalue weighted by molar-refractivity contribution is 0.103. The monoisotopic (exact) mass is 364 g/mol. The molecular formula is C17H20N2O3S2. The number of nitrogens with one attached hydrogen (secondary N) is 1. The van der Waals surface area contributed by atoms with Crippen molar-refractivity contribution in [1.82, 2.24) is 0 Å². The third-order valence-electron chi connectivity index (χ3n) is 4.03. The molecule has 1 aromatic heterocycles. The summed E-state index contributed by atoms with van der Waals surface area (Å²) in [4.78, 5) is 12.8. The highest BCUT2D eigenvalue weighted by atomic mass is 32.2. The number of sulfonamides is 1. The molecule has 1 aromatic carbocycles. The van der Waals surface area contributed by atoms with Crippen LogP contribution in [0.5, 0.6) is 0 Å². The summed E-state index contributed by atoms with van der Waals surface area (Å²) in [6.45, 7) is 2.45. The van der Waals surface area contributed by atoms with E-state index >= 15 is 0 Å². The zero-order chi connectivity index (χ0) is 17.2. The Bertz CT molecular complexity index is 830. The molecule has 0 fully saturated rings. The van der Waals surface area contributed by atoms with Crippen LogP contribution in [0.4, 0.5) is 11.4 Å². The molecular weight excluding hydrogens is 344 g/mol. The molecule has 1 amide bonds. The maximum Gasteiger partial charge on any atom is 0.265 e. The summed E-state index contributed by atoms with van der Waals surface area (Å²) in [5.74, 6) is -0.0160. The van der Waals surface area contributed by atoms with E-state index in [2.05, 4.69) is 5.32 Å². The van der Waals surface area contributed by atoms with Crippen molar-refractivity contribution < 1.29 is 13.2 Å². The van der Waals surface area contributed by atoms with E-state index in [9.17, 15) is 13.2 Å². The Balaban J connectivity index is 1.82. The number of amides is 1. The molecule has 1 N–H and O–H groups in total. The summed E-state index contributed by atoms with van der Waals surface area (Å²) < 4.78 is 26.5. The molecule has 0 atom stereocenters. The van der Waals surface area contributed by atoms with Crippen LogP contribution in [0.3, 0.4) is 0 Å². The molecule has 0 spiro atoms. The minimum Gasteiger partial charge on any atom is -0.321 e. The standard InChI is InChI=1S/C17H20N2O3S2/c1-2-3-11-24(21,22)19-9-8-13-6-7-14(12-15(13)19)18-17(20)16-5-4-10-23-16/h4-7,10,12H,2-3,8-9,11H2,1H3,(H,18,20). The van der Waals surface area contributed by atoms with Gasteiger partial charge in [-0.1, -0.05) is 25.5 Å². The number of nitrogens with zero attached hydrogens (tertiary/aromatic N) is 1. The summed E-state index contributed by atoms with van der Waals surface area (Å²) in [6.07, 6.45) is 2.21. The molecule has 0 saturated heterocycles. The second-order valence-electron chi connectivity index (χ2n) is 5.77. The molecule has 1 aliphatic rings. The molecule has 24 heavy (non-hydrogen) atoms. The Morgan fingerprint density at radius 1 is 1.33 bits per heavy atom. The smallest absolute Gasteiger partial charge is 0.265 e. The number of thiophene rings is 1. The summed E-state index contributed by atoms with van der Waals surface area (Å²) >= 11 is 1.37. The van der Waals surface area contributed by atoms with Crippen molar-refractivity contribution in [3.05, 3.63) is 46.2 Å². The molecule has 0 aliphatic carbocycles. The van der Waals surface area contributed by atoms with Gasteiger partial charge in [0.25, 0.3) is 5.91 Å². The second-order valence-corrected chi connectivity index (χ2v) is 8.73. The Morgan fingerprint density at radius 2 is 2.17 bits per heavy atom. The van der Waals surface area contributed by atoms with Gasteiger partial charge in [-0.2, -0.15) is 0 Å². The number of hydrogen-bond acceptors (Lipinski definition) is 4. The van der Waals surface area contributed by atoms with E-state index in [-0.39, 0.29) is 11.7 Å². The van der Waals surface area contributed by atoms with Gasteiger partial charge < -0.3 is 5.32 Å². The van der Waals surface area contributed by atoms with Crippen LogP contribution >= 0.6 is 11.3 Å².